The largest absolute Gasteiger partial charge is 0.345 e. The number of carbonyl (C=O) groups is 1. The van der Waals surface area contributed by atoms with E-state index in [-0.39, 0.29) is 17.9 Å². The maximum absolute atomic E-state index is 14.1. The van der Waals surface area contributed by atoms with Crippen LogP contribution in [-0.4, -0.2) is 5.91 Å². The number of hydrogen-bond donors (Lipinski definition) is 1. The van der Waals surface area contributed by atoms with Gasteiger partial charge in [0, 0.05) is 0 Å². The van der Waals surface area contributed by atoms with Gasteiger partial charge in [-0.2, -0.15) is 0 Å². The molecular formula is C32H31NO. The van der Waals surface area contributed by atoms with E-state index in [4.69, 9.17) is 0 Å². The highest BCUT2D eigenvalue weighted by Gasteiger charge is 2.34. The van der Waals surface area contributed by atoms with Crippen LogP contribution in [0, 0.1) is 5.92 Å². The van der Waals surface area contributed by atoms with Crippen LogP contribution in [0.4, 0.5) is 0 Å². The van der Waals surface area contributed by atoms with Crippen LogP contribution < -0.4 is 5.32 Å². The van der Waals surface area contributed by atoms with Crippen molar-refractivity contribution in [1.82, 2.24) is 5.32 Å². The molecule has 2 atom stereocenters. The number of hydrogen-bond acceptors (Lipinski definition) is 1. The van der Waals surface area contributed by atoms with Gasteiger partial charge in [-0.05, 0) is 70.2 Å². The Bertz CT molecular complexity index is 1290. The van der Waals surface area contributed by atoms with Crippen molar-refractivity contribution in [3.8, 4) is 0 Å². The first-order chi connectivity index (χ1) is 16.8. The first-order valence-corrected chi connectivity index (χ1v) is 12.7. The first-order valence-electron chi connectivity index (χ1n) is 12.7. The van der Waals surface area contributed by atoms with Gasteiger partial charge in [0.15, 0.2) is 0 Å². The van der Waals surface area contributed by atoms with Gasteiger partial charge in [-0.3, -0.25) is 4.79 Å². The lowest BCUT2D eigenvalue weighted by molar-refractivity contribution is -0.124. The van der Waals surface area contributed by atoms with Crippen molar-refractivity contribution in [3.05, 3.63) is 119 Å². The Morgan fingerprint density at radius 1 is 0.706 bits per heavy atom. The van der Waals surface area contributed by atoms with E-state index in [1.807, 2.05) is 12.1 Å². The number of benzene rings is 4. The van der Waals surface area contributed by atoms with Gasteiger partial charge in [0.25, 0.3) is 0 Å². The van der Waals surface area contributed by atoms with Crippen molar-refractivity contribution in [3.63, 3.8) is 0 Å². The van der Waals surface area contributed by atoms with Crippen LogP contribution >= 0.6 is 0 Å². The lowest BCUT2D eigenvalue weighted by atomic mass is 9.83. The Morgan fingerprint density at radius 2 is 1.35 bits per heavy atom. The Morgan fingerprint density at radius 3 is 2.06 bits per heavy atom. The number of aryl methyl sites for hydroxylation is 2. The molecule has 1 N–H and O–H groups in total. The summed E-state index contributed by atoms with van der Waals surface area (Å²) in [5.41, 5.74) is 6.33. The minimum Gasteiger partial charge on any atom is -0.345 e. The minimum atomic E-state index is -0.175. The molecule has 1 saturated carbocycles. The molecule has 1 amide bonds. The Hall–Kier alpha value is -3.39. The second-order valence-corrected chi connectivity index (χ2v) is 9.94. The number of rotatable bonds is 6. The Labute approximate surface area is 202 Å². The molecule has 4 aromatic carbocycles. The van der Waals surface area contributed by atoms with Gasteiger partial charge in [-0.25, -0.2) is 0 Å². The average molecular weight is 446 g/mol. The Balaban J connectivity index is 1.43. The van der Waals surface area contributed by atoms with Crippen LogP contribution in [0.5, 0.6) is 0 Å². The van der Waals surface area contributed by atoms with Crippen molar-refractivity contribution >= 4 is 16.7 Å². The van der Waals surface area contributed by atoms with Crippen molar-refractivity contribution in [2.24, 2.45) is 5.92 Å². The highest BCUT2D eigenvalue weighted by Crippen LogP contribution is 2.40. The van der Waals surface area contributed by atoms with E-state index in [1.165, 1.54) is 40.3 Å². The number of nitrogens with one attached hydrogen (secondary N) is 1. The molecule has 1 fully saturated rings. The predicted molar refractivity (Wildman–Crippen MR) is 139 cm³/mol. The summed E-state index contributed by atoms with van der Waals surface area (Å²) in [6.07, 6.45) is 6.91. The molecule has 0 heterocycles. The van der Waals surface area contributed by atoms with Gasteiger partial charge < -0.3 is 5.32 Å². The lowest BCUT2D eigenvalue weighted by Crippen LogP contribution is -2.36. The van der Waals surface area contributed by atoms with Gasteiger partial charge in [-0.1, -0.05) is 104 Å². The molecule has 0 aromatic heterocycles. The Kier molecular flexibility index (Phi) is 5.66. The van der Waals surface area contributed by atoms with E-state index in [1.54, 1.807) is 0 Å². The third-order valence-electron chi connectivity index (χ3n) is 7.95. The van der Waals surface area contributed by atoms with Gasteiger partial charge >= 0.3 is 0 Å². The van der Waals surface area contributed by atoms with Crippen LogP contribution in [-0.2, 0) is 17.6 Å². The molecule has 0 radical (unpaired) electrons. The zero-order valence-electron chi connectivity index (χ0n) is 19.5. The lowest BCUT2D eigenvalue weighted by Gasteiger charge is -2.28. The molecule has 4 aromatic rings. The molecule has 2 aliphatic rings. The maximum Gasteiger partial charge on any atom is 0.228 e. The second kappa shape index (κ2) is 9.10. The molecule has 6 rings (SSSR count). The molecule has 0 unspecified atom stereocenters. The molecule has 0 aliphatic heterocycles. The predicted octanol–water partition coefficient (Wildman–Crippen LogP) is 7.12. The van der Waals surface area contributed by atoms with Crippen LogP contribution in [0.25, 0.3) is 10.8 Å². The van der Waals surface area contributed by atoms with Crippen molar-refractivity contribution in [2.45, 2.75) is 50.5 Å². The highest BCUT2D eigenvalue weighted by atomic mass is 16.2. The van der Waals surface area contributed by atoms with E-state index in [0.29, 0.717) is 5.92 Å². The van der Waals surface area contributed by atoms with Gasteiger partial charge in [0.05, 0.1) is 12.0 Å². The van der Waals surface area contributed by atoms with E-state index in [0.717, 1.165) is 36.8 Å². The molecule has 0 spiro atoms. The van der Waals surface area contributed by atoms with Gasteiger partial charge in [0.2, 0.25) is 5.91 Å². The monoisotopic (exact) mass is 445 g/mol. The molecule has 34 heavy (non-hydrogen) atoms. The highest BCUT2D eigenvalue weighted by molar-refractivity contribution is 5.94. The molecule has 0 saturated heterocycles. The van der Waals surface area contributed by atoms with Crippen LogP contribution in [0.1, 0.15) is 65.5 Å². The van der Waals surface area contributed by atoms with E-state index < -0.39 is 0 Å². The zero-order valence-corrected chi connectivity index (χ0v) is 19.5. The van der Waals surface area contributed by atoms with Crippen molar-refractivity contribution < 1.29 is 4.79 Å². The fraction of sp³-hybridized carbons (Fsp3) is 0.281. The zero-order chi connectivity index (χ0) is 22.9. The standard InChI is InChI=1S/C32H31NO/c34-32(30(23-12-7-8-13-23)22-10-3-1-4-11-22)33-31(26-14-5-2-6-15-26)28-21-20-25-19-18-24-16-9-17-27(28)29(24)25/h1-6,9-11,14-17,20-21,23,30-31H,7-8,12-13,18-19H2,(H,33,34)/t30-,31-/m1/s1. The molecule has 2 aliphatic carbocycles. The summed E-state index contributed by atoms with van der Waals surface area (Å²) in [5, 5.41) is 6.21. The van der Waals surface area contributed by atoms with Gasteiger partial charge in [0.1, 0.15) is 0 Å². The van der Waals surface area contributed by atoms with Crippen molar-refractivity contribution in [2.75, 3.05) is 0 Å². The molecule has 2 nitrogen and oxygen atoms in total. The number of carbonyl (C=O) groups excluding carboxylic acids is 1. The smallest absolute Gasteiger partial charge is 0.228 e. The average Bonchev–Trinajstić information content (AvgIpc) is 3.56. The molecule has 0 bridgehead atoms. The third kappa shape index (κ3) is 3.81. The molecule has 2 heteroatoms. The molecule has 170 valence electrons. The normalized spacial score (nSPS) is 17.1. The summed E-state index contributed by atoms with van der Waals surface area (Å²) in [6.45, 7) is 0. The van der Waals surface area contributed by atoms with E-state index >= 15 is 0 Å². The van der Waals surface area contributed by atoms with E-state index in [9.17, 15) is 4.79 Å². The fourth-order valence-electron chi connectivity index (χ4n) is 6.33. The second-order valence-electron chi connectivity index (χ2n) is 9.94. The minimum absolute atomic E-state index is 0.105. The summed E-state index contributed by atoms with van der Waals surface area (Å²) in [7, 11) is 0. The number of amides is 1. The summed E-state index contributed by atoms with van der Waals surface area (Å²) in [4.78, 5) is 14.1. The van der Waals surface area contributed by atoms with Crippen molar-refractivity contribution in [1.29, 1.82) is 0 Å². The van der Waals surface area contributed by atoms with Crippen LogP contribution in [0.15, 0.2) is 91.0 Å². The fourth-order valence-corrected chi connectivity index (χ4v) is 6.33. The summed E-state index contributed by atoms with van der Waals surface area (Å²) in [5.74, 6) is 0.452. The maximum atomic E-state index is 14.1. The summed E-state index contributed by atoms with van der Waals surface area (Å²) in [6, 6.07) is 31.9. The quantitative estimate of drug-likeness (QED) is 0.336. The summed E-state index contributed by atoms with van der Waals surface area (Å²) >= 11 is 0. The van der Waals surface area contributed by atoms with Crippen LogP contribution in [0.2, 0.25) is 0 Å². The topological polar surface area (TPSA) is 29.1 Å². The van der Waals surface area contributed by atoms with Gasteiger partial charge in [-0.15, -0.1) is 0 Å². The molecular weight excluding hydrogens is 414 g/mol. The first kappa shape index (κ1) is 21.2. The SMILES string of the molecule is O=C(N[C@H](c1ccccc1)c1ccc2c3c(cccc13)CC2)[C@H](c1ccccc1)C1CCCC1. The summed E-state index contributed by atoms with van der Waals surface area (Å²) < 4.78 is 0. The van der Waals surface area contributed by atoms with E-state index in [2.05, 4.69) is 84.2 Å². The van der Waals surface area contributed by atoms with Crippen LogP contribution in [0.3, 0.4) is 0 Å². The third-order valence-corrected chi connectivity index (χ3v) is 7.95.